The van der Waals surface area contributed by atoms with E-state index in [0.29, 0.717) is 12.2 Å². The maximum Gasteiger partial charge on any atom is 0.271 e. The molecule has 1 amide bonds. The molecule has 0 radical (unpaired) electrons. The summed E-state index contributed by atoms with van der Waals surface area (Å²) in [5.41, 5.74) is 3.69. The Balaban J connectivity index is 1.39. The fourth-order valence-electron chi connectivity index (χ4n) is 3.17. The molecule has 144 valence electrons. The summed E-state index contributed by atoms with van der Waals surface area (Å²) in [7, 11) is 2.16. The molecule has 4 rings (SSSR count). The van der Waals surface area contributed by atoms with Crippen LogP contribution in [0.2, 0.25) is 0 Å². The van der Waals surface area contributed by atoms with Gasteiger partial charge in [-0.3, -0.25) is 9.78 Å². The van der Waals surface area contributed by atoms with E-state index in [1.165, 1.54) is 17.0 Å². The fraction of sp³-hybridized carbons (Fsp3) is 0.286. The molecule has 1 N–H and O–H groups in total. The van der Waals surface area contributed by atoms with Crippen molar-refractivity contribution in [2.24, 2.45) is 0 Å². The molecule has 0 bridgehead atoms. The molecule has 2 aromatic heterocycles. The molecule has 3 aromatic rings. The lowest BCUT2D eigenvalue weighted by Gasteiger charge is -2.34. The van der Waals surface area contributed by atoms with Crippen LogP contribution in [0.4, 0.5) is 5.69 Å². The van der Waals surface area contributed by atoms with E-state index in [1.807, 2.05) is 17.5 Å². The van der Waals surface area contributed by atoms with Crippen LogP contribution in [0.1, 0.15) is 16.1 Å². The Kier molecular flexibility index (Phi) is 5.64. The van der Waals surface area contributed by atoms with Gasteiger partial charge in [-0.15, -0.1) is 11.3 Å². The van der Waals surface area contributed by atoms with Gasteiger partial charge >= 0.3 is 0 Å². The van der Waals surface area contributed by atoms with Crippen molar-refractivity contribution >= 4 is 22.9 Å². The molecule has 1 aliphatic heterocycles. The van der Waals surface area contributed by atoms with Gasteiger partial charge in [-0.25, -0.2) is 4.98 Å². The highest BCUT2D eigenvalue weighted by Crippen LogP contribution is 2.26. The number of anilines is 1. The quantitative estimate of drug-likeness (QED) is 0.722. The van der Waals surface area contributed by atoms with E-state index in [1.54, 1.807) is 12.4 Å². The van der Waals surface area contributed by atoms with Crippen LogP contribution in [0.15, 0.2) is 54.2 Å². The summed E-state index contributed by atoms with van der Waals surface area (Å²) in [6, 6.07) is 12.2. The Labute approximate surface area is 168 Å². The lowest BCUT2D eigenvalue weighted by molar-refractivity contribution is 0.0946. The fourth-order valence-corrected chi connectivity index (χ4v) is 3.97. The SMILES string of the molecule is CN1CCN(c2ccc(-c3nc(C(=O)NCc4cccnc4)cs3)cc2)CC1. The molecule has 3 heterocycles. The number of carbonyl (C=O) groups is 1. The molecule has 28 heavy (non-hydrogen) atoms. The van der Waals surface area contributed by atoms with Crippen molar-refractivity contribution in [3.63, 3.8) is 0 Å². The van der Waals surface area contributed by atoms with Gasteiger partial charge in [0, 0.05) is 61.7 Å². The Bertz CT molecular complexity index is 917. The highest BCUT2D eigenvalue weighted by molar-refractivity contribution is 7.13. The second-order valence-electron chi connectivity index (χ2n) is 6.92. The highest BCUT2D eigenvalue weighted by atomic mass is 32.1. The molecule has 1 aromatic carbocycles. The third kappa shape index (κ3) is 4.37. The Morgan fingerprint density at radius 2 is 1.93 bits per heavy atom. The summed E-state index contributed by atoms with van der Waals surface area (Å²) >= 11 is 1.49. The normalized spacial score (nSPS) is 14.8. The van der Waals surface area contributed by atoms with Crippen LogP contribution in [0.5, 0.6) is 0 Å². The number of aromatic nitrogens is 2. The zero-order chi connectivity index (χ0) is 19.3. The van der Waals surface area contributed by atoms with Crippen LogP contribution in [0.25, 0.3) is 10.6 Å². The number of hydrogen-bond acceptors (Lipinski definition) is 6. The van der Waals surface area contributed by atoms with Gasteiger partial charge in [0.2, 0.25) is 0 Å². The third-order valence-electron chi connectivity index (χ3n) is 4.90. The molecule has 0 spiro atoms. The third-order valence-corrected chi connectivity index (χ3v) is 5.79. The molecule has 1 saturated heterocycles. The van der Waals surface area contributed by atoms with Crippen LogP contribution in [0, 0.1) is 0 Å². The van der Waals surface area contributed by atoms with Gasteiger partial charge in [0.25, 0.3) is 5.91 Å². The van der Waals surface area contributed by atoms with E-state index >= 15 is 0 Å². The van der Waals surface area contributed by atoms with Crippen LogP contribution in [-0.2, 0) is 6.54 Å². The molecule has 0 atom stereocenters. The number of carbonyl (C=O) groups excluding carboxylic acids is 1. The van der Waals surface area contributed by atoms with Crippen molar-refractivity contribution in [1.29, 1.82) is 0 Å². The minimum atomic E-state index is -0.166. The number of thiazole rings is 1. The molecular weight excluding hydrogens is 370 g/mol. The number of amides is 1. The number of nitrogens with one attached hydrogen (secondary N) is 1. The maximum absolute atomic E-state index is 12.4. The number of benzene rings is 1. The Morgan fingerprint density at radius 3 is 2.64 bits per heavy atom. The van der Waals surface area contributed by atoms with E-state index in [-0.39, 0.29) is 5.91 Å². The van der Waals surface area contributed by atoms with Crippen molar-refractivity contribution in [1.82, 2.24) is 20.2 Å². The lowest BCUT2D eigenvalue weighted by Crippen LogP contribution is -2.44. The predicted molar refractivity (Wildman–Crippen MR) is 113 cm³/mol. The van der Waals surface area contributed by atoms with Gasteiger partial charge in [0.05, 0.1) is 0 Å². The van der Waals surface area contributed by atoms with Crippen molar-refractivity contribution in [3.8, 4) is 10.6 Å². The summed E-state index contributed by atoms with van der Waals surface area (Å²) in [6.45, 7) is 4.72. The molecule has 1 fully saturated rings. The molecule has 0 aliphatic carbocycles. The minimum Gasteiger partial charge on any atom is -0.369 e. The van der Waals surface area contributed by atoms with Gasteiger partial charge in [-0.1, -0.05) is 6.07 Å². The van der Waals surface area contributed by atoms with Crippen LogP contribution < -0.4 is 10.2 Å². The standard InChI is InChI=1S/C21H23N5OS/c1-25-9-11-26(12-10-25)18-6-4-17(5-7-18)21-24-19(15-28-21)20(27)23-14-16-3-2-8-22-13-16/h2-8,13,15H,9-12,14H2,1H3,(H,23,27). The average molecular weight is 394 g/mol. The smallest absolute Gasteiger partial charge is 0.271 e. The predicted octanol–water partition coefficient (Wildman–Crippen LogP) is 2.89. The van der Waals surface area contributed by atoms with Crippen LogP contribution in [-0.4, -0.2) is 54.0 Å². The number of rotatable bonds is 5. The van der Waals surface area contributed by atoms with E-state index in [9.17, 15) is 4.79 Å². The number of hydrogen-bond donors (Lipinski definition) is 1. The Hall–Kier alpha value is -2.77. The molecule has 0 unspecified atom stereocenters. The molecule has 1 aliphatic rings. The van der Waals surface area contributed by atoms with Gasteiger partial charge in [0.1, 0.15) is 10.7 Å². The number of pyridine rings is 1. The maximum atomic E-state index is 12.4. The zero-order valence-electron chi connectivity index (χ0n) is 15.8. The highest BCUT2D eigenvalue weighted by Gasteiger charge is 2.15. The topological polar surface area (TPSA) is 61.4 Å². The molecule has 6 nitrogen and oxygen atoms in total. The second-order valence-corrected chi connectivity index (χ2v) is 7.78. The first-order valence-electron chi connectivity index (χ1n) is 9.35. The Morgan fingerprint density at radius 1 is 1.14 bits per heavy atom. The number of piperazine rings is 1. The summed E-state index contributed by atoms with van der Waals surface area (Å²) in [6.07, 6.45) is 3.46. The van der Waals surface area contributed by atoms with E-state index < -0.39 is 0 Å². The van der Waals surface area contributed by atoms with Gasteiger partial charge in [-0.05, 0) is 42.9 Å². The van der Waals surface area contributed by atoms with Gasteiger partial charge < -0.3 is 15.1 Å². The minimum absolute atomic E-state index is 0.166. The van der Waals surface area contributed by atoms with Crippen LogP contribution >= 0.6 is 11.3 Å². The monoisotopic (exact) mass is 393 g/mol. The van der Waals surface area contributed by atoms with Crippen molar-refractivity contribution in [2.75, 3.05) is 38.1 Å². The first-order valence-corrected chi connectivity index (χ1v) is 10.2. The van der Waals surface area contributed by atoms with Crippen molar-refractivity contribution in [2.45, 2.75) is 6.54 Å². The number of likely N-dealkylation sites (N-methyl/N-ethyl adjacent to an activating group) is 1. The van der Waals surface area contributed by atoms with E-state index in [4.69, 9.17) is 0 Å². The first-order chi connectivity index (χ1) is 13.7. The summed E-state index contributed by atoms with van der Waals surface area (Å²) in [4.78, 5) is 25.7. The zero-order valence-corrected chi connectivity index (χ0v) is 16.7. The van der Waals surface area contributed by atoms with Crippen molar-refractivity contribution < 1.29 is 4.79 Å². The summed E-state index contributed by atoms with van der Waals surface area (Å²) in [5.74, 6) is -0.166. The van der Waals surface area contributed by atoms with E-state index in [0.717, 1.165) is 42.3 Å². The second kappa shape index (κ2) is 8.50. The van der Waals surface area contributed by atoms with E-state index in [2.05, 4.69) is 56.4 Å². The summed E-state index contributed by atoms with van der Waals surface area (Å²) < 4.78 is 0. The average Bonchev–Trinajstić information content (AvgIpc) is 3.24. The van der Waals surface area contributed by atoms with Gasteiger partial charge in [0.15, 0.2) is 0 Å². The molecule has 0 saturated carbocycles. The first kappa shape index (κ1) is 18.6. The summed E-state index contributed by atoms with van der Waals surface area (Å²) in [5, 5.41) is 5.56. The van der Waals surface area contributed by atoms with Gasteiger partial charge in [-0.2, -0.15) is 0 Å². The lowest BCUT2D eigenvalue weighted by atomic mass is 10.2. The number of nitrogens with zero attached hydrogens (tertiary/aromatic N) is 4. The van der Waals surface area contributed by atoms with Crippen LogP contribution in [0.3, 0.4) is 0 Å². The van der Waals surface area contributed by atoms with Crippen molar-refractivity contribution in [3.05, 3.63) is 65.4 Å². The largest absolute Gasteiger partial charge is 0.369 e. The molecule has 7 heteroatoms. The molecular formula is C21H23N5OS.